The van der Waals surface area contributed by atoms with Gasteiger partial charge in [0.1, 0.15) is 12.1 Å². The highest BCUT2D eigenvalue weighted by Crippen LogP contribution is 2.33. The number of hydrogen-bond donors (Lipinski definition) is 2. The van der Waals surface area contributed by atoms with E-state index in [0.717, 1.165) is 0 Å². The summed E-state index contributed by atoms with van der Waals surface area (Å²) in [4.78, 5) is 4.13. The van der Waals surface area contributed by atoms with Crippen LogP contribution in [0.15, 0.2) is 4.52 Å². The van der Waals surface area contributed by atoms with E-state index in [1.165, 1.54) is 0 Å². The van der Waals surface area contributed by atoms with E-state index in [2.05, 4.69) is 10.1 Å². The highest BCUT2D eigenvalue weighted by atomic mass is 16.5. The molecule has 0 saturated carbocycles. The van der Waals surface area contributed by atoms with Crippen molar-refractivity contribution in [2.75, 3.05) is 13.7 Å². The molecule has 6 nitrogen and oxygen atoms in total. The van der Waals surface area contributed by atoms with Crippen LogP contribution in [0.5, 0.6) is 0 Å². The average molecular weight is 229 g/mol. The largest absolute Gasteiger partial charge is 0.394 e. The molecule has 6 heteroatoms. The first kappa shape index (κ1) is 13.1. The summed E-state index contributed by atoms with van der Waals surface area (Å²) in [6, 6.07) is -0.640. The highest BCUT2D eigenvalue weighted by Gasteiger charge is 2.31. The van der Waals surface area contributed by atoms with Crippen molar-refractivity contribution >= 4 is 0 Å². The van der Waals surface area contributed by atoms with E-state index in [0.29, 0.717) is 5.82 Å². The third-order valence-electron chi connectivity index (χ3n) is 2.23. The van der Waals surface area contributed by atoms with E-state index in [4.69, 9.17) is 20.1 Å². The average Bonchev–Trinajstić information content (AvgIpc) is 2.64. The summed E-state index contributed by atoms with van der Waals surface area (Å²) in [6.45, 7) is 5.82. The van der Waals surface area contributed by atoms with Gasteiger partial charge in [0.2, 0.25) is 11.7 Å². The first-order chi connectivity index (χ1) is 7.40. The predicted molar refractivity (Wildman–Crippen MR) is 57.5 cm³/mol. The van der Waals surface area contributed by atoms with Gasteiger partial charge in [0.15, 0.2) is 0 Å². The monoisotopic (exact) mass is 229 g/mol. The molecule has 0 aliphatic carbocycles. The molecule has 1 aromatic rings. The van der Waals surface area contributed by atoms with Gasteiger partial charge < -0.3 is 20.1 Å². The van der Waals surface area contributed by atoms with E-state index in [-0.39, 0.29) is 24.0 Å². The Morgan fingerprint density at radius 3 is 2.56 bits per heavy atom. The Morgan fingerprint density at radius 2 is 2.12 bits per heavy atom. The fourth-order valence-corrected chi connectivity index (χ4v) is 1.43. The zero-order valence-electron chi connectivity index (χ0n) is 10.1. The number of nitrogens with two attached hydrogens (primary N) is 1. The van der Waals surface area contributed by atoms with Gasteiger partial charge in [-0.1, -0.05) is 25.9 Å². The van der Waals surface area contributed by atoms with E-state index in [1.807, 2.05) is 20.8 Å². The van der Waals surface area contributed by atoms with Crippen LogP contribution in [-0.4, -0.2) is 29.0 Å². The third-order valence-corrected chi connectivity index (χ3v) is 2.23. The summed E-state index contributed by atoms with van der Waals surface area (Å²) in [5, 5.41) is 12.7. The maximum atomic E-state index is 8.87. The van der Waals surface area contributed by atoms with Gasteiger partial charge in [-0.15, -0.1) is 0 Å². The van der Waals surface area contributed by atoms with Crippen molar-refractivity contribution in [2.24, 2.45) is 11.1 Å². The Bertz CT molecular complexity index is 332. The normalized spacial score (nSPS) is 16.1. The van der Waals surface area contributed by atoms with Crippen LogP contribution in [0.25, 0.3) is 0 Å². The summed E-state index contributed by atoms with van der Waals surface area (Å²) < 4.78 is 10.3. The lowest BCUT2D eigenvalue weighted by molar-refractivity contribution is 0.00718. The van der Waals surface area contributed by atoms with Crippen LogP contribution in [-0.2, 0) is 4.74 Å². The SMILES string of the molecule is COC(c1noc([C@H](N)CO)n1)C(C)(C)C. The fraction of sp³-hybridized carbons (Fsp3) is 0.800. The maximum absolute atomic E-state index is 8.87. The quantitative estimate of drug-likeness (QED) is 0.792. The van der Waals surface area contributed by atoms with E-state index in [9.17, 15) is 0 Å². The van der Waals surface area contributed by atoms with Crippen molar-refractivity contribution in [2.45, 2.75) is 32.9 Å². The van der Waals surface area contributed by atoms with Crippen molar-refractivity contribution in [3.8, 4) is 0 Å². The van der Waals surface area contributed by atoms with Crippen LogP contribution >= 0.6 is 0 Å². The molecule has 0 aromatic carbocycles. The van der Waals surface area contributed by atoms with Crippen molar-refractivity contribution < 1.29 is 14.4 Å². The molecule has 1 heterocycles. The number of rotatable bonds is 4. The summed E-state index contributed by atoms with van der Waals surface area (Å²) in [5.41, 5.74) is 5.43. The minimum absolute atomic E-state index is 0.140. The van der Waals surface area contributed by atoms with Crippen LogP contribution in [0.4, 0.5) is 0 Å². The number of aliphatic hydroxyl groups excluding tert-OH is 1. The number of aliphatic hydroxyl groups is 1. The van der Waals surface area contributed by atoms with Crippen LogP contribution in [0.2, 0.25) is 0 Å². The van der Waals surface area contributed by atoms with Gasteiger partial charge in [-0.3, -0.25) is 0 Å². The third kappa shape index (κ3) is 2.78. The molecule has 16 heavy (non-hydrogen) atoms. The van der Waals surface area contributed by atoms with E-state index < -0.39 is 6.04 Å². The first-order valence-electron chi connectivity index (χ1n) is 5.13. The summed E-state index contributed by atoms with van der Waals surface area (Å²) in [6.07, 6.45) is -0.268. The molecule has 92 valence electrons. The molecule has 1 unspecified atom stereocenters. The summed E-state index contributed by atoms with van der Waals surface area (Å²) in [7, 11) is 1.60. The molecule has 0 bridgehead atoms. The lowest BCUT2D eigenvalue weighted by atomic mass is 9.88. The first-order valence-corrected chi connectivity index (χ1v) is 5.13. The molecule has 0 saturated heterocycles. The molecule has 2 atom stereocenters. The highest BCUT2D eigenvalue weighted by molar-refractivity contribution is 4.98. The Morgan fingerprint density at radius 1 is 1.50 bits per heavy atom. The van der Waals surface area contributed by atoms with Crippen LogP contribution in [0.1, 0.15) is 44.6 Å². The van der Waals surface area contributed by atoms with Gasteiger partial charge in [0, 0.05) is 7.11 Å². The second-order valence-corrected chi connectivity index (χ2v) is 4.76. The lowest BCUT2D eigenvalue weighted by Crippen LogP contribution is -2.21. The minimum atomic E-state index is -0.640. The number of aromatic nitrogens is 2. The number of nitrogens with zero attached hydrogens (tertiary/aromatic N) is 2. The Labute approximate surface area is 94.8 Å². The zero-order valence-corrected chi connectivity index (χ0v) is 10.1. The van der Waals surface area contributed by atoms with Crippen LogP contribution in [0.3, 0.4) is 0 Å². The number of hydrogen-bond acceptors (Lipinski definition) is 6. The van der Waals surface area contributed by atoms with Gasteiger partial charge in [-0.25, -0.2) is 0 Å². The molecule has 3 N–H and O–H groups in total. The number of ether oxygens (including phenoxy) is 1. The molecule has 0 radical (unpaired) electrons. The van der Waals surface area contributed by atoms with Crippen molar-refractivity contribution in [1.29, 1.82) is 0 Å². The Hall–Kier alpha value is -0.980. The molecular formula is C10H19N3O3. The standard InChI is InChI=1S/C10H19N3O3/c1-10(2,3)7(15-4)8-12-9(16-13-8)6(11)5-14/h6-7,14H,5,11H2,1-4H3/t6-,7?/m1/s1. The molecule has 0 fully saturated rings. The molecular weight excluding hydrogens is 210 g/mol. The molecule has 1 aromatic heterocycles. The molecule has 0 aliphatic heterocycles. The van der Waals surface area contributed by atoms with Gasteiger partial charge in [-0.2, -0.15) is 4.98 Å². The minimum Gasteiger partial charge on any atom is -0.394 e. The van der Waals surface area contributed by atoms with Crippen LogP contribution in [0, 0.1) is 5.41 Å². The topological polar surface area (TPSA) is 94.4 Å². The summed E-state index contributed by atoms with van der Waals surface area (Å²) in [5.74, 6) is 0.678. The van der Waals surface area contributed by atoms with E-state index >= 15 is 0 Å². The lowest BCUT2D eigenvalue weighted by Gasteiger charge is -2.26. The van der Waals surface area contributed by atoms with Crippen molar-refractivity contribution in [1.82, 2.24) is 10.1 Å². The summed E-state index contributed by atoms with van der Waals surface area (Å²) >= 11 is 0. The number of methoxy groups -OCH3 is 1. The predicted octanol–water partition coefficient (Wildman–Crippen LogP) is 0.795. The van der Waals surface area contributed by atoms with Crippen LogP contribution < -0.4 is 5.73 Å². The van der Waals surface area contributed by atoms with Gasteiger partial charge in [-0.05, 0) is 5.41 Å². The zero-order chi connectivity index (χ0) is 12.3. The molecule has 0 amide bonds. The Kier molecular flexibility index (Phi) is 4.01. The second kappa shape index (κ2) is 4.90. The van der Waals surface area contributed by atoms with E-state index in [1.54, 1.807) is 7.11 Å². The molecule has 1 rings (SSSR count). The van der Waals surface area contributed by atoms with Gasteiger partial charge in [0.25, 0.3) is 0 Å². The molecule has 0 aliphatic rings. The van der Waals surface area contributed by atoms with Gasteiger partial charge in [0.05, 0.1) is 6.61 Å². The van der Waals surface area contributed by atoms with Crippen molar-refractivity contribution in [3.63, 3.8) is 0 Å². The smallest absolute Gasteiger partial charge is 0.246 e. The second-order valence-electron chi connectivity index (χ2n) is 4.76. The maximum Gasteiger partial charge on any atom is 0.246 e. The van der Waals surface area contributed by atoms with Gasteiger partial charge >= 0.3 is 0 Å². The molecule has 0 spiro atoms. The fourth-order valence-electron chi connectivity index (χ4n) is 1.43. The Balaban J connectivity index is 2.91. The van der Waals surface area contributed by atoms with Crippen molar-refractivity contribution in [3.05, 3.63) is 11.7 Å².